The molecule has 0 radical (unpaired) electrons. The zero-order valence-corrected chi connectivity index (χ0v) is 17.4. The molecule has 1 N–H and O–H groups in total. The van der Waals surface area contributed by atoms with Gasteiger partial charge in [0.1, 0.15) is 5.76 Å². The van der Waals surface area contributed by atoms with Crippen LogP contribution >= 0.6 is 12.2 Å². The summed E-state index contributed by atoms with van der Waals surface area (Å²) in [7, 11) is 0. The second kappa shape index (κ2) is 9.90. The van der Waals surface area contributed by atoms with Crippen LogP contribution in [0.2, 0.25) is 0 Å². The number of aryl methyl sites for hydroxylation is 2. The van der Waals surface area contributed by atoms with E-state index >= 15 is 0 Å². The zero-order valence-electron chi connectivity index (χ0n) is 16.5. The van der Waals surface area contributed by atoms with Gasteiger partial charge in [-0.15, -0.1) is 0 Å². The Balaban J connectivity index is 1.69. The van der Waals surface area contributed by atoms with Gasteiger partial charge >= 0.3 is 0 Å². The molecule has 5 heteroatoms. The van der Waals surface area contributed by atoms with Crippen molar-refractivity contribution in [2.24, 2.45) is 0 Å². The minimum absolute atomic E-state index is 0.694. The monoisotopic (exact) mass is 385 g/mol. The van der Waals surface area contributed by atoms with Crippen molar-refractivity contribution in [3.8, 4) is 0 Å². The molecule has 27 heavy (non-hydrogen) atoms. The molecule has 0 spiro atoms. The lowest BCUT2D eigenvalue weighted by molar-refractivity contribution is 0.207. The summed E-state index contributed by atoms with van der Waals surface area (Å²) in [6, 6.07) is 10.4. The first-order valence-electron chi connectivity index (χ1n) is 10.1. The van der Waals surface area contributed by atoms with Crippen LogP contribution < -0.4 is 5.32 Å². The Labute approximate surface area is 168 Å². The Hall–Kier alpha value is -1.85. The van der Waals surface area contributed by atoms with E-state index in [9.17, 15) is 0 Å². The molecule has 0 unspecified atom stereocenters. The molecule has 1 aliphatic heterocycles. The van der Waals surface area contributed by atoms with Gasteiger partial charge in [0.05, 0.1) is 12.8 Å². The van der Waals surface area contributed by atoms with Crippen molar-refractivity contribution < 1.29 is 4.42 Å². The highest BCUT2D eigenvalue weighted by Crippen LogP contribution is 2.22. The Kier molecular flexibility index (Phi) is 7.30. The van der Waals surface area contributed by atoms with Crippen molar-refractivity contribution in [3.05, 3.63) is 53.5 Å². The molecule has 3 rings (SSSR count). The van der Waals surface area contributed by atoms with E-state index in [0.717, 1.165) is 36.1 Å². The number of nitrogens with one attached hydrogen (secondary N) is 1. The number of rotatable bonds is 7. The van der Waals surface area contributed by atoms with Crippen LogP contribution in [0, 0.1) is 6.92 Å². The van der Waals surface area contributed by atoms with Crippen LogP contribution in [0.1, 0.15) is 43.1 Å². The van der Waals surface area contributed by atoms with Gasteiger partial charge in [-0.3, -0.25) is 0 Å². The molecule has 1 aromatic heterocycles. The van der Waals surface area contributed by atoms with E-state index in [1.165, 1.54) is 43.5 Å². The summed E-state index contributed by atoms with van der Waals surface area (Å²) in [5.41, 5.74) is 3.67. The van der Waals surface area contributed by atoms with Gasteiger partial charge in [-0.1, -0.05) is 31.5 Å². The largest absolute Gasteiger partial charge is 0.467 e. The van der Waals surface area contributed by atoms with Gasteiger partial charge < -0.3 is 19.5 Å². The highest BCUT2D eigenvalue weighted by Gasteiger charge is 2.17. The highest BCUT2D eigenvalue weighted by atomic mass is 32.1. The van der Waals surface area contributed by atoms with E-state index in [2.05, 4.69) is 47.2 Å². The first kappa shape index (κ1) is 19.9. The van der Waals surface area contributed by atoms with E-state index in [4.69, 9.17) is 16.6 Å². The van der Waals surface area contributed by atoms with E-state index in [0.29, 0.717) is 6.54 Å². The summed E-state index contributed by atoms with van der Waals surface area (Å²) >= 11 is 5.82. The fourth-order valence-corrected chi connectivity index (χ4v) is 3.93. The maximum absolute atomic E-state index is 5.82. The lowest BCUT2D eigenvalue weighted by Gasteiger charge is -2.31. The molecule has 1 aromatic carbocycles. The third-order valence-corrected chi connectivity index (χ3v) is 5.68. The molecule has 2 aromatic rings. The number of likely N-dealkylation sites (tertiary alicyclic amines) is 1. The van der Waals surface area contributed by atoms with Gasteiger partial charge in [-0.05, 0) is 74.8 Å². The number of piperidine rings is 1. The minimum Gasteiger partial charge on any atom is -0.467 e. The number of hydrogen-bond donors (Lipinski definition) is 1. The molecule has 0 saturated carbocycles. The number of nitrogens with zero attached hydrogens (tertiary/aromatic N) is 2. The molecule has 0 amide bonds. The summed E-state index contributed by atoms with van der Waals surface area (Å²) < 4.78 is 5.58. The van der Waals surface area contributed by atoms with Crippen molar-refractivity contribution in [2.75, 3.05) is 31.5 Å². The minimum atomic E-state index is 0.694. The SMILES string of the molecule is CCc1cccc(C)c1NC(=S)N(CCN1CCCCC1)Cc1ccco1. The van der Waals surface area contributed by atoms with Gasteiger partial charge in [0.15, 0.2) is 5.11 Å². The van der Waals surface area contributed by atoms with Crippen molar-refractivity contribution in [2.45, 2.75) is 46.1 Å². The van der Waals surface area contributed by atoms with Crippen molar-refractivity contribution in [3.63, 3.8) is 0 Å². The summed E-state index contributed by atoms with van der Waals surface area (Å²) in [5.74, 6) is 0.943. The molecule has 4 nitrogen and oxygen atoms in total. The highest BCUT2D eigenvalue weighted by molar-refractivity contribution is 7.80. The third-order valence-electron chi connectivity index (χ3n) is 5.32. The number of hydrogen-bond acceptors (Lipinski definition) is 3. The molecule has 1 saturated heterocycles. The maximum Gasteiger partial charge on any atom is 0.173 e. The number of anilines is 1. The van der Waals surface area contributed by atoms with Crippen LogP contribution in [0.5, 0.6) is 0 Å². The fourth-order valence-electron chi connectivity index (χ4n) is 3.68. The van der Waals surface area contributed by atoms with Crippen molar-refractivity contribution >= 4 is 23.0 Å². The Morgan fingerprint density at radius 2 is 2.00 bits per heavy atom. The van der Waals surface area contributed by atoms with Crippen LogP contribution in [0.3, 0.4) is 0 Å². The molecule has 0 bridgehead atoms. The molecule has 0 aliphatic carbocycles. The molecule has 2 heterocycles. The topological polar surface area (TPSA) is 31.6 Å². The van der Waals surface area contributed by atoms with Gasteiger partial charge in [-0.25, -0.2) is 0 Å². The lowest BCUT2D eigenvalue weighted by atomic mass is 10.1. The van der Waals surface area contributed by atoms with E-state index in [1.807, 2.05) is 12.1 Å². The summed E-state index contributed by atoms with van der Waals surface area (Å²) in [6.45, 7) is 9.35. The first-order valence-corrected chi connectivity index (χ1v) is 10.5. The number of para-hydroxylation sites is 1. The fraction of sp³-hybridized carbons (Fsp3) is 0.500. The van der Waals surface area contributed by atoms with Crippen LogP contribution in [-0.2, 0) is 13.0 Å². The normalized spacial score (nSPS) is 14.9. The van der Waals surface area contributed by atoms with E-state index in [-0.39, 0.29) is 0 Å². The summed E-state index contributed by atoms with van der Waals surface area (Å²) in [6.07, 6.45) is 6.69. The smallest absolute Gasteiger partial charge is 0.173 e. The predicted molar refractivity (Wildman–Crippen MR) is 116 cm³/mol. The van der Waals surface area contributed by atoms with Crippen LogP contribution in [0.4, 0.5) is 5.69 Å². The Morgan fingerprint density at radius 3 is 2.70 bits per heavy atom. The standard InChI is InChI=1S/C22H31N3OS/c1-3-19-10-7-9-18(2)21(19)23-22(27)25(17-20-11-8-16-26-20)15-14-24-12-5-4-6-13-24/h7-11,16H,3-6,12-15,17H2,1-2H3,(H,23,27). The Morgan fingerprint density at radius 1 is 1.19 bits per heavy atom. The second-order valence-corrected chi connectivity index (χ2v) is 7.68. The Bertz CT molecular complexity index is 723. The molecular formula is C22H31N3OS. The molecule has 146 valence electrons. The van der Waals surface area contributed by atoms with Gasteiger partial charge in [0, 0.05) is 18.8 Å². The average molecular weight is 386 g/mol. The number of benzene rings is 1. The van der Waals surface area contributed by atoms with Crippen LogP contribution in [0.25, 0.3) is 0 Å². The zero-order chi connectivity index (χ0) is 19.1. The number of furan rings is 1. The quantitative estimate of drug-likeness (QED) is 0.690. The molecular weight excluding hydrogens is 354 g/mol. The number of thiocarbonyl (C=S) groups is 1. The van der Waals surface area contributed by atoms with Gasteiger partial charge in [0.2, 0.25) is 0 Å². The predicted octanol–water partition coefficient (Wildman–Crippen LogP) is 4.84. The summed E-state index contributed by atoms with van der Waals surface area (Å²) in [5, 5.41) is 4.30. The van der Waals surface area contributed by atoms with Crippen molar-refractivity contribution in [1.82, 2.24) is 9.80 Å². The molecule has 1 fully saturated rings. The lowest BCUT2D eigenvalue weighted by Crippen LogP contribution is -2.41. The molecule has 1 aliphatic rings. The van der Waals surface area contributed by atoms with Gasteiger partial charge in [0.25, 0.3) is 0 Å². The third kappa shape index (κ3) is 5.56. The first-order chi connectivity index (χ1) is 13.2. The van der Waals surface area contributed by atoms with E-state index < -0.39 is 0 Å². The van der Waals surface area contributed by atoms with Crippen LogP contribution in [-0.4, -0.2) is 41.1 Å². The average Bonchev–Trinajstić information content (AvgIpc) is 3.20. The van der Waals surface area contributed by atoms with Gasteiger partial charge in [-0.2, -0.15) is 0 Å². The second-order valence-electron chi connectivity index (χ2n) is 7.30. The van der Waals surface area contributed by atoms with E-state index in [1.54, 1.807) is 6.26 Å². The molecule has 0 atom stereocenters. The summed E-state index contributed by atoms with van der Waals surface area (Å²) in [4.78, 5) is 4.78. The van der Waals surface area contributed by atoms with Crippen molar-refractivity contribution in [1.29, 1.82) is 0 Å². The van der Waals surface area contributed by atoms with Crippen LogP contribution in [0.15, 0.2) is 41.0 Å². The maximum atomic E-state index is 5.82.